The monoisotopic (exact) mass is 328 g/mol. The highest BCUT2D eigenvalue weighted by Crippen LogP contribution is 2.29. The Morgan fingerprint density at radius 1 is 1.48 bits per heavy atom. The summed E-state index contributed by atoms with van der Waals surface area (Å²) in [4.78, 5) is 26.6. The molecule has 1 unspecified atom stereocenters. The number of carbonyl (C=O) groups is 2. The van der Waals surface area contributed by atoms with E-state index in [1.165, 1.54) is 21.6 Å². The first-order chi connectivity index (χ1) is 9.93. The van der Waals surface area contributed by atoms with Crippen molar-refractivity contribution in [3.05, 3.63) is 34.9 Å². The Bertz CT molecular complexity index is 555. The quantitative estimate of drug-likeness (QED) is 0.926. The molecule has 1 N–H and O–H groups in total. The molecule has 0 radical (unpaired) electrons. The van der Waals surface area contributed by atoms with E-state index in [0.717, 1.165) is 5.56 Å². The zero-order valence-corrected chi connectivity index (χ0v) is 13.4. The summed E-state index contributed by atoms with van der Waals surface area (Å²) < 4.78 is 0. The Kier molecular flexibility index (Phi) is 5.00. The maximum Gasteiger partial charge on any atom is 0.327 e. The second-order valence-electron chi connectivity index (χ2n) is 4.91. The van der Waals surface area contributed by atoms with Gasteiger partial charge in [-0.3, -0.25) is 0 Å². The van der Waals surface area contributed by atoms with Gasteiger partial charge in [0.1, 0.15) is 6.04 Å². The third kappa shape index (κ3) is 3.27. The number of carboxylic acids is 1. The molecule has 1 saturated heterocycles. The van der Waals surface area contributed by atoms with E-state index in [9.17, 15) is 9.59 Å². The highest BCUT2D eigenvalue weighted by atomic mass is 35.5. The van der Waals surface area contributed by atoms with E-state index in [2.05, 4.69) is 0 Å². The minimum Gasteiger partial charge on any atom is -0.480 e. The van der Waals surface area contributed by atoms with Crippen LogP contribution in [0.5, 0.6) is 0 Å². The Balaban J connectivity index is 2.16. The van der Waals surface area contributed by atoms with E-state index in [1.54, 1.807) is 13.1 Å². The molecular weight excluding hydrogens is 312 g/mol. The van der Waals surface area contributed by atoms with E-state index in [-0.39, 0.29) is 12.1 Å². The van der Waals surface area contributed by atoms with E-state index in [4.69, 9.17) is 16.7 Å². The molecule has 1 aromatic carbocycles. The standard InChI is InChI=1S/C14H17ClN2O3S/c1-9(10-5-3-4-6-11(10)15)16(2)14(20)17-8-21-7-12(17)13(18)19/h3-6,9,12H,7-8H2,1-2H3,(H,18,19)/t9?,12-/m0/s1. The molecule has 1 aliphatic rings. The van der Waals surface area contributed by atoms with Crippen LogP contribution in [0.15, 0.2) is 24.3 Å². The molecule has 1 fully saturated rings. The zero-order chi connectivity index (χ0) is 15.6. The van der Waals surface area contributed by atoms with Gasteiger partial charge in [-0.15, -0.1) is 11.8 Å². The summed E-state index contributed by atoms with van der Waals surface area (Å²) in [5.74, 6) is -0.141. The Labute approximate surface area is 132 Å². The fourth-order valence-electron chi connectivity index (χ4n) is 2.23. The van der Waals surface area contributed by atoms with Crippen LogP contribution >= 0.6 is 23.4 Å². The largest absolute Gasteiger partial charge is 0.480 e. The highest BCUT2D eigenvalue weighted by Gasteiger charge is 2.37. The van der Waals surface area contributed by atoms with Crippen molar-refractivity contribution in [3.8, 4) is 0 Å². The maximum absolute atomic E-state index is 12.5. The molecule has 1 aliphatic heterocycles. The fraction of sp³-hybridized carbons (Fsp3) is 0.429. The van der Waals surface area contributed by atoms with E-state index >= 15 is 0 Å². The Morgan fingerprint density at radius 2 is 2.14 bits per heavy atom. The molecule has 0 saturated carbocycles. The maximum atomic E-state index is 12.5. The SMILES string of the molecule is CC(c1ccccc1Cl)N(C)C(=O)N1CSC[C@H]1C(=O)O. The van der Waals surface area contributed by atoms with E-state index in [1.807, 2.05) is 25.1 Å². The van der Waals surface area contributed by atoms with Crippen molar-refractivity contribution in [2.75, 3.05) is 18.7 Å². The van der Waals surface area contributed by atoms with Crippen molar-refractivity contribution < 1.29 is 14.7 Å². The lowest BCUT2D eigenvalue weighted by atomic mass is 10.1. The molecule has 5 nitrogen and oxygen atoms in total. The van der Waals surface area contributed by atoms with E-state index < -0.39 is 12.0 Å². The van der Waals surface area contributed by atoms with Crippen molar-refractivity contribution in [1.82, 2.24) is 9.80 Å². The van der Waals surface area contributed by atoms with Crippen molar-refractivity contribution in [1.29, 1.82) is 0 Å². The number of carbonyl (C=O) groups excluding carboxylic acids is 1. The summed E-state index contributed by atoms with van der Waals surface area (Å²) in [5, 5.41) is 9.76. The van der Waals surface area contributed by atoms with Gasteiger partial charge in [-0.05, 0) is 18.6 Å². The molecule has 2 amide bonds. The number of thioether (sulfide) groups is 1. The molecule has 7 heteroatoms. The number of hydrogen-bond acceptors (Lipinski definition) is 3. The molecule has 0 aliphatic carbocycles. The third-order valence-corrected chi connectivity index (χ3v) is 5.01. The molecular formula is C14H17ClN2O3S. The molecule has 21 heavy (non-hydrogen) atoms. The average Bonchev–Trinajstić information content (AvgIpc) is 2.95. The molecule has 0 spiro atoms. The number of amides is 2. The van der Waals surface area contributed by atoms with Crippen LogP contribution in [-0.4, -0.2) is 51.6 Å². The van der Waals surface area contributed by atoms with Gasteiger partial charge in [0.05, 0.1) is 11.9 Å². The first-order valence-electron chi connectivity index (χ1n) is 6.52. The Morgan fingerprint density at radius 3 is 2.76 bits per heavy atom. The van der Waals surface area contributed by atoms with Gasteiger partial charge >= 0.3 is 12.0 Å². The number of aliphatic carboxylic acids is 1. The molecule has 0 aromatic heterocycles. The normalized spacial score (nSPS) is 19.4. The second-order valence-corrected chi connectivity index (χ2v) is 6.32. The van der Waals surface area contributed by atoms with Gasteiger partial charge in [-0.2, -0.15) is 0 Å². The zero-order valence-electron chi connectivity index (χ0n) is 11.8. The minimum atomic E-state index is -0.966. The minimum absolute atomic E-state index is 0.230. The van der Waals surface area contributed by atoms with Crippen molar-refractivity contribution in [2.24, 2.45) is 0 Å². The summed E-state index contributed by atoms with van der Waals surface area (Å²) in [6, 6.07) is 6.05. The molecule has 114 valence electrons. The van der Waals surface area contributed by atoms with Gasteiger partial charge in [0.15, 0.2) is 0 Å². The van der Waals surface area contributed by atoms with Crippen LogP contribution in [0.3, 0.4) is 0 Å². The number of halogens is 1. The number of nitrogens with zero attached hydrogens (tertiary/aromatic N) is 2. The average molecular weight is 329 g/mol. The van der Waals surface area contributed by atoms with Crippen LogP contribution in [0.1, 0.15) is 18.5 Å². The lowest BCUT2D eigenvalue weighted by Crippen LogP contribution is -2.48. The molecule has 1 heterocycles. The predicted octanol–water partition coefficient (Wildman–Crippen LogP) is 2.91. The van der Waals surface area contributed by atoms with Crippen LogP contribution in [0.4, 0.5) is 4.79 Å². The van der Waals surface area contributed by atoms with Crippen molar-refractivity contribution in [3.63, 3.8) is 0 Å². The van der Waals surface area contributed by atoms with Gasteiger partial charge in [0.25, 0.3) is 0 Å². The van der Waals surface area contributed by atoms with Gasteiger partial charge in [-0.1, -0.05) is 29.8 Å². The van der Waals surface area contributed by atoms with Crippen LogP contribution in [0.2, 0.25) is 5.02 Å². The number of rotatable bonds is 3. The smallest absolute Gasteiger partial charge is 0.327 e. The predicted molar refractivity (Wildman–Crippen MR) is 83.6 cm³/mol. The van der Waals surface area contributed by atoms with Crippen molar-refractivity contribution in [2.45, 2.75) is 19.0 Å². The topological polar surface area (TPSA) is 60.9 Å². The van der Waals surface area contributed by atoms with Gasteiger partial charge in [0, 0.05) is 17.8 Å². The molecule has 0 bridgehead atoms. The van der Waals surface area contributed by atoms with Crippen LogP contribution < -0.4 is 0 Å². The van der Waals surface area contributed by atoms with Crippen LogP contribution in [0, 0.1) is 0 Å². The van der Waals surface area contributed by atoms with Crippen molar-refractivity contribution >= 4 is 35.4 Å². The van der Waals surface area contributed by atoms with Gasteiger partial charge in [-0.25, -0.2) is 9.59 Å². The number of hydrogen-bond donors (Lipinski definition) is 1. The second kappa shape index (κ2) is 6.58. The first-order valence-corrected chi connectivity index (χ1v) is 8.05. The first kappa shape index (κ1) is 16.0. The molecule has 2 rings (SSSR count). The number of urea groups is 1. The molecule has 1 aromatic rings. The highest BCUT2D eigenvalue weighted by molar-refractivity contribution is 7.99. The third-order valence-electron chi connectivity index (χ3n) is 3.65. The lowest BCUT2D eigenvalue weighted by molar-refractivity contribution is -0.140. The summed E-state index contributed by atoms with van der Waals surface area (Å²) in [7, 11) is 1.66. The Hall–Kier alpha value is -1.40. The van der Waals surface area contributed by atoms with Crippen LogP contribution in [-0.2, 0) is 4.79 Å². The summed E-state index contributed by atoms with van der Waals surface area (Å²) >= 11 is 7.60. The van der Waals surface area contributed by atoms with E-state index in [0.29, 0.717) is 16.7 Å². The molecule has 2 atom stereocenters. The number of benzene rings is 1. The summed E-state index contributed by atoms with van der Waals surface area (Å²) in [6.45, 7) is 1.87. The summed E-state index contributed by atoms with van der Waals surface area (Å²) in [5.41, 5.74) is 0.841. The van der Waals surface area contributed by atoms with Crippen LogP contribution in [0.25, 0.3) is 0 Å². The van der Waals surface area contributed by atoms with Gasteiger partial charge in [0.2, 0.25) is 0 Å². The van der Waals surface area contributed by atoms with Gasteiger partial charge < -0.3 is 14.9 Å². The summed E-state index contributed by atoms with van der Waals surface area (Å²) in [6.07, 6.45) is 0. The number of carboxylic acid groups (broad SMARTS) is 1. The fourth-order valence-corrected chi connectivity index (χ4v) is 3.66. The lowest BCUT2D eigenvalue weighted by Gasteiger charge is -2.31.